The molecule has 0 aliphatic rings. The summed E-state index contributed by atoms with van der Waals surface area (Å²) < 4.78 is 15.5. The average Bonchev–Trinajstić information content (AvgIpc) is 2.97. The molecule has 1 aromatic heterocycles. The average molecular weight is 415 g/mol. The summed E-state index contributed by atoms with van der Waals surface area (Å²) >= 11 is 19.7. The van der Waals surface area contributed by atoms with Gasteiger partial charge in [-0.2, -0.15) is 5.10 Å². The van der Waals surface area contributed by atoms with Gasteiger partial charge in [-0.3, -0.25) is 4.99 Å². The van der Waals surface area contributed by atoms with E-state index in [4.69, 9.17) is 34.8 Å². The van der Waals surface area contributed by atoms with E-state index in [1.54, 1.807) is 42.1 Å². The lowest BCUT2D eigenvalue weighted by Gasteiger charge is -2.06. The van der Waals surface area contributed by atoms with Gasteiger partial charge in [0.05, 0.1) is 22.0 Å². The van der Waals surface area contributed by atoms with Crippen molar-refractivity contribution < 1.29 is 4.39 Å². The predicted molar refractivity (Wildman–Crippen MR) is 104 cm³/mol. The van der Waals surface area contributed by atoms with Crippen LogP contribution in [0.3, 0.4) is 0 Å². The van der Waals surface area contributed by atoms with E-state index in [9.17, 15) is 4.39 Å². The van der Waals surface area contributed by atoms with Gasteiger partial charge in [0.2, 0.25) is 4.80 Å². The highest BCUT2D eigenvalue weighted by Gasteiger charge is 2.12. The molecule has 0 N–H and O–H groups in total. The SMILES string of the molecule is CN=c1scc(-c2ccc(Cl)cc2Cl)n1/N=C/c1c(F)cccc1Cl. The lowest BCUT2D eigenvalue weighted by Crippen LogP contribution is -2.12. The van der Waals surface area contributed by atoms with Crippen molar-refractivity contribution in [2.45, 2.75) is 0 Å². The second-order valence-corrected chi connectivity index (χ2v) is 7.03. The van der Waals surface area contributed by atoms with Crippen LogP contribution < -0.4 is 4.80 Å². The second kappa shape index (κ2) is 7.70. The molecule has 128 valence electrons. The van der Waals surface area contributed by atoms with Gasteiger partial charge < -0.3 is 0 Å². The zero-order chi connectivity index (χ0) is 18.0. The molecule has 0 saturated carbocycles. The van der Waals surface area contributed by atoms with Gasteiger partial charge in [0.1, 0.15) is 5.82 Å². The fourth-order valence-electron chi connectivity index (χ4n) is 2.19. The molecule has 1 heterocycles. The Hall–Kier alpha value is -1.66. The molecular weight excluding hydrogens is 404 g/mol. The van der Waals surface area contributed by atoms with E-state index in [1.165, 1.54) is 23.6 Å². The molecule has 8 heteroatoms. The Morgan fingerprint density at radius 1 is 1.12 bits per heavy atom. The van der Waals surface area contributed by atoms with Crippen LogP contribution >= 0.6 is 46.1 Å². The highest BCUT2D eigenvalue weighted by atomic mass is 35.5. The van der Waals surface area contributed by atoms with Crippen molar-refractivity contribution in [1.29, 1.82) is 0 Å². The molecule has 0 aliphatic heterocycles. The molecule has 2 aromatic carbocycles. The quantitative estimate of drug-likeness (QED) is 0.490. The number of halogens is 4. The summed E-state index contributed by atoms with van der Waals surface area (Å²) in [5, 5.41) is 7.54. The predicted octanol–water partition coefficient (Wildman–Crippen LogP) is 5.73. The van der Waals surface area contributed by atoms with Crippen LogP contribution in [0.4, 0.5) is 4.39 Å². The first-order chi connectivity index (χ1) is 12.0. The lowest BCUT2D eigenvalue weighted by molar-refractivity contribution is 0.625. The molecule has 0 amide bonds. The molecule has 0 aliphatic carbocycles. The van der Waals surface area contributed by atoms with Crippen LogP contribution in [0.15, 0.2) is 51.9 Å². The van der Waals surface area contributed by atoms with Crippen LogP contribution in [0.5, 0.6) is 0 Å². The molecule has 0 bridgehead atoms. The Kier molecular flexibility index (Phi) is 5.59. The van der Waals surface area contributed by atoms with Gasteiger partial charge in [-0.1, -0.05) is 40.9 Å². The first-order valence-electron chi connectivity index (χ1n) is 7.08. The fourth-order valence-corrected chi connectivity index (χ4v) is 3.71. The number of rotatable bonds is 3. The largest absolute Gasteiger partial charge is 0.261 e. The fraction of sp³-hybridized carbons (Fsp3) is 0.0588. The summed E-state index contributed by atoms with van der Waals surface area (Å²) in [6.45, 7) is 0. The highest BCUT2D eigenvalue weighted by Crippen LogP contribution is 2.30. The van der Waals surface area contributed by atoms with Crippen LogP contribution in [0, 0.1) is 5.82 Å². The number of hydrogen-bond acceptors (Lipinski definition) is 3. The molecule has 0 atom stereocenters. The lowest BCUT2D eigenvalue weighted by atomic mass is 10.2. The van der Waals surface area contributed by atoms with Crippen molar-refractivity contribution in [1.82, 2.24) is 4.68 Å². The Bertz CT molecular complexity index is 1000. The van der Waals surface area contributed by atoms with E-state index in [0.717, 1.165) is 11.3 Å². The number of benzene rings is 2. The van der Waals surface area contributed by atoms with Crippen molar-refractivity contribution in [2.75, 3.05) is 7.05 Å². The second-order valence-electron chi connectivity index (χ2n) is 4.94. The maximum Gasteiger partial charge on any atom is 0.205 e. The van der Waals surface area contributed by atoms with Crippen molar-refractivity contribution >= 4 is 52.4 Å². The molecule has 0 spiro atoms. The Balaban J connectivity index is 2.14. The minimum atomic E-state index is -0.451. The van der Waals surface area contributed by atoms with Gasteiger partial charge in [-0.15, -0.1) is 11.3 Å². The Morgan fingerprint density at radius 3 is 2.60 bits per heavy atom. The monoisotopic (exact) mass is 413 g/mol. The molecule has 3 rings (SSSR count). The van der Waals surface area contributed by atoms with E-state index in [-0.39, 0.29) is 10.6 Å². The van der Waals surface area contributed by atoms with Crippen LogP contribution in [-0.2, 0) is 0 Å². The summed E-state index contributed by atoms with van der Waals surface area (Å²) in [6, 6.07) is 9.66. The van der Waals surface area contributed by atoms with Crippen LogP contribution in [-0.4, -0.2) is 17.9 Å². The van der Waals surface area contributed by atoms with Crippen molar-refractivity contribution in [2.24, 2.45) is 10.1 Å². The summed E-state index contributed by atoms with van der Waals surface area (Å²) in [4.78, 5) is 4.82. The van der Waals surface area contributed by atoms with Gasteiger partial charge in [-0.25, -0.2) is 9.07 Å². The van der Waals surface area contributed by atoms with Gasteiger partial charge in [0.15, 0.2) is 0 Å². The third-order valence-corrected chi connectivity index (χ3v) is 5.17. The summed E-state index contributed by atoms with van der Waals surface area (Å²) in [5.41, 5.74) is 1.67. The van der Waals surface area contributed by atoms with Crippen LogP contribution in [0.2, 0.25) is 15.1 Å². The smallest absolute Gasteiger partial charge is 0.205 e. The normalized spacial score (nSPS) is 12.3. The van der Waals surface area contributed by atoms with Gasteiger partial charge in [0, 0.05) is 28.6 Å². The van der Waals surface area contributed by atoms with Gasteiger partial charge in [-0.05, 0) is 30.3 Å². The van der Waals surface area contributed by atoms with E-state index in [2.05, 4.69) is 10.1 Å². The van der Waals surface area contributed by atoms with E-state index in [1.807, 2.05) is 5.38 Å². The number of thiazole rings is 1. The van der Waals surface area contributed by atoms with Crippen LogP contribution in [0.1, 0.15) is 5.56 Å². The zero-order valence-electron chi connectivity index (χ0n) is 12.9. The molecule has 25 heavy (non-hydrogen) atoms. The van der Waals surface area contributed by atoms with E-state index < -0.39 is 5.82 Å². The molecule has 3 nitrogen and oxygen atoms in total. The maximum absolute atomic E-state index is 14.0. The van der Waals surface area contributed by atoms with Gasteiger partial charge >= 0.3 is 0 Å². The van der Waals surface area contributed by atoms with Crippen LogP contribution in [0.25, 0.3) is 11.3 Å². The summed E-state index contributed by atoms with van der Waals surface area (Å²) in [6.07, 6.45) is 1.37. The van der Waals surface area contributed by atoms with E-state index >= 15 is 0 Å². The van der Waals surface area contributed by atoms with E-state index in [0.29, 0.717) is 14.8 Å². The molecule has 0 fully saturated rings. The Labute approximate surface area is 162 Å². The zero-order valence-corrected chi connectivity index (χ0v) is 16.0. The van der Waals surface area contributed by atoms with Crippen molar-refractivity contribution in [3.8, 4) is 11.3 Å². The number of aromatic nitrogens is 1. The summed E-state index contributed by atoms with van der Waals surface area (Å²) in [5.74, 6) is -0.451. The standard InChI is InChI=1S/C17H11Cl3FN3S/c1-22-17-24(23-8-12-13(19)3-2-4-15(12)21)16(9-25-17)11-6-5-10(18)7-14(11)20/h2-9H,1H3/b22-17?,23-8+. The highest BCUT2D eigenvalue weighted by molar-refractivity contribution is 7.07. The number of nitrogens with zero attached hydrogens (tertiary/aromatic N) is 3. The third kappa shape index (κ3) is 3.80. The first kappa shape index (κ1) is 18.1. The minimum Gasteiger partial charge on any atom is -0.261 e. The number of hydrogen-bond donors (Lipinski definition) is 0. The molecular formula is C17H11Cl3FN3S. The first-order valence-corrected chi connectivity index (χ1v) is 9.09. The van der Waals surface area contributed by atoms with Crippen molar-refractivity contribution in [3.05, 3.63) is 73.0 Å². The minimum absolute atomic E-state index is 0.207. The molecule has 0 unspecified atom stereocenters. The maximum atomic E-state index is 14.0. The topological polar surface area (TPSA) is 29.6 Å². The molecule has 0 radical (unpaired) electrons. The molecule has 3 aromatic rings. The van der Waals surface area contributed by atoms with Gasteiger partial charge in [0.25, 0.3) is 0 Å². The summed E-state index contributed by atoms with van der Waals surface area (Å²) in [7, 11) is 1.65. The molecule has 0 saturated heterocycles. The Morgan fingerprint density at radius 2 is 1.92 bits per heavy atom. The van der Waals surface area contributed by atoms with Crippen molar-refractivity contribution in [3.63, 3.8) is 0 Å². The third-order valence-electron chi connectivity index (χ3n) is 3.39.